The van der Waals surface area contributed by atoms with Crippen molar-refractivity contribution in [2.75, 3.05) is 0 Å². The van der Waals surface area contributed by atoms with Gasteiger partial charge >= 0.3 is 0 Å². The van der Waals surface area contributed by atoms with Gasteiger partial charge in [-0.1, -0.05) is 121 Å². The quantitative estimate of drug-likeness (QED) is 0.291. The summed E-state index contributed by atoms with van der Waals surface area (Å²) in [5.41, 5.74) is 4.40. The first-order valence-corrected chi connectivity index (χ1v) is 11.8. The first-order valence-electron chi connectivity index (χ1n) is 11.8. The number of ether oxygens (including phenoxy) is 1. The molecule has 1 fully saturated rings. The number of hydrogen-bond donors (Lipinski definition) is 0. The van der Waals surface area contributed by atoms with E-state index in [-0.39, 0.29) is 6.10 Å². The second kappa shape index (κ2) is 9.54. The Morgan fingerprint density at radius 3 is 1.25 bits per heavy atom. The van der Waals surface area contributed by atoms with Gasteiger partial charge < -0.3 is 4.74 Å². The predicted octanol–water partition coefficient (Wildman–Crippen LogP) is 7.72. The van der Waals surface area contributed by atoms with E-state index in [1.165, 1.54) is 35.1 Å². The van der Waals surface area contributed by atoms with Crippen LogP contribution < -0.4 is 0 Å². The maximum absolute atomic E-state index is 7.22. The second-order valence-electron chi connectivity index (χ2n) is 8.78. The molecule has 1 heteroatoms. The molecule has 1 aliphatic carbocycles. The normalized spacial score (nSPS) is 18.9. The maximum atomic E-state index is 7.22. The molecule has 4 aromatic rings. The fraction of sp³-hybridized carbons (Fsp3) is 0.226. The second-order valence-corrected chi connectivity index (χ2v) is 8.78. The minimum Gasteiger partial charge on any atom is -0.358 e. The largest absolute Gasteiger partial charge is 0.358 e. The van der Waals surface area contributed by atoms with Crippen LogP contribution in [-0.2, 0) is 10.3 Å². The fourth-order valence-corrected chi connectivity index (χ4v) is 5.21. The van der Waals surface area contributed by atoms with Gasteiger partial charge in [-0.05, 0) is 53.9 Å². The van der Waals surface area contributed by atoms with Crippen molar-refractivity contribution in [2.24, 2.45) is 0 Å². The lowest BCUT2D eigenvalue weighted by Crippen LogP contribution is -2.38. The van der Waals surface area contributed by atoms with Gasteiger partial charge in [0, 0.05) is 0 Å². The van der Waals surface area contributed by atoms with Gasteiger partial charge in [-0.15, -0.1) is 0 Å². The van der Waals surface area contributed by atoms with Crippen molar-refractivity contribution in [3.63, 3.8) is 0 Å². The summed E-state index contributed by atoms with van der Waals surface area (Å²) in [7, 11) is 0. The summed E-state index contributed by atoms with van der Waals surface area (Å²) in [6.45, 7) is 0. The lowest BCUT2D eigenvalue weighted by atomic mass is 9.78. The molecule has 0 spiro atoms. The highest BCUT2D eigenvalue weighted by atomic mass is 16.5. The van der Waals surface area contributed by atoms with Crippen LogP contribution in [0.5, 0.6) is 0 Å². The molecule has 32 heavy (non-hydrogen) atoms. The topological polar surface area (TPSA) is 9.23 Å². The third-order valence-corrected chi connectivity index (χ3v) is 6.83. The van der Waals surface area contributed by atoms with Crippen LogP contribution in [0.15, 0.2) is 121 Å². The molecule has 1 saturated carbocycles. The lowest BCUT2D eigenvalue weighted by Gasteiger charge is -2.41. The molecule has 0 amide bonds. The van der Waals surface area contributed by atoms with Gasteiger partial charge in [0.05, 0.1) is 6.10 Å². The van der Waals surface area contributed by atoms with E-state index in [9.17, 15) is 0 Å². The molecule has 0 saturated heterocycles. The molecule has 0 N–H and O–H groups in total. The van der Waals surface area contributed by atoms with Crippen LogP contribution in [0.3, 0.4) is 0 Å². The zero-order chi connectivity index (χ0) is 21.6. The van der Waals surface area contributed by atoms with E-state index in [4.69, 9.17) is 4.74 Å². The Bertz CT molecular complexity index is 986. The van der Waals surface area contributed by atoms with Gasteiger partial charge in [0.1, 0.15) is 5.60 Å². The summed E-state index contributed by atoms with van der Waals surface area (Å²) in [6, 6.07) is 43.1. The Morgan fingerprint density at radius 1 is 0.469 bits per heavy atom. The standard InChI is InChI=1S/C31H30O/c1-5-13-25(14-6-1)26-21-23-30(24-22-26)32-31(27-15-7-2-8-16-27,28-17-9-3-10-18-28)29-19-11-4-12-20-29/h1-20,26,30H,21-24H2. The summed E-state index contributed by atoms with van der Waals surface area (Å²) in [4.78, 5) is 0. The van der Waals surface area contributed by atoms with Gasteiger partial charge in [-0.2, -0.15) is 0 Å². The van der Waals surface area contributed by atoms with E-state index >= 15 is 0 Å². The number of hydrogen-bond acceptors (Lipinski definition) is 1. The van der Waals surface area contributed by atoms with Crippen molar-refractivity contribution in [2.45, 2.75) is 43.3 Å². The van der Waals surface area contributed by atoms with Crippen molar-refractivity contribution in [3.8, 4) is 0 Å². The summed E-state index contributed by atoms with van der Waals surface area (Å²) >= 11 is 0. The molecule has 5 rings (SSSR count). The zero-order valence-corrected chi connectivity index (χ0v) is 18.4. The average molecular weight is 419 g/mol. The Hall–Kier alpha value is -3.16. The van der Waals surface area contributed by atoms with Crippen LogP contribution in [0.4, 0.5) is 0 Å². The van der Waals surface area contributed by atoms with Gasteiger partial charge in [0.15, 0.2) is 0 Å². The molecule has 1 aliphatic rings. The van der Waals surface area contributed by atoms with E-state index in [0.29, 0.717) is 5.92 Å². The average Bonchev–Trinajstić information content (AvgIpc) is 2.90. The van der Waals surface area contributed by atoms with Crippen molar-refractivity contribution in [1.29, 1.82) is 0 Å². The maximum Gasteiger partial charge on any atom is 0.144 e. The van der Waals surface area contributed by atoms with Crippen LogP contribution in [0.1, 0.15) is 53.9 Å². The van der Waals surface area contributed by atoms with Gasteiger partial charge in [0.2, 0.25) is 0 Å². The summed E-state index contributed by atoms with van der Waals surface area (Å²) in [5.74, 6) is 0.635. The van der Waals surface area contributed by atoms with Crippen LogP contribution >= 0.6 is 0 Å². The number of rotatable bonds is 6. The lowest BCUT2D eigenvalue weighted by molar-refractivity contribution is -0.0643. The van der Waals surface area contributed by atoms with Crippen molar-refractivity contribution < 1.29 is 4.74 Å². The highest BCUT2D eigenvalue weighted by Crippen LogP contribution is 2.44. The fourth-order valence-electron chi connectivity index (χ4n) is 5.21. The van der Waals surface area contributed by atoms with E-state index in [0.717, 1.165) is 12.8 Å². The first-order chi connectivity index (χ1) is 15.9. The van der Waals surface area contributed by atoms with Gasteiger partial charge in [-0.3, -0.25) is 0 Å². The smallest absolute Gasteiger partial charge is 0.144 e. The summed E-state index contributed by atoms with van der Waals surface area (Å²) in [6.07, 6.45) is 4.71. The molecule has 160 valence electrons. The molecule has 0 aliphatic heterocycles. The Balaban J connectivity index is 1.51. The SMILES string of the molecule is c1ccc(C2CCC(OC(c3ccccc3)(c3ccccc3)c3ccccc3)CC2)cc1. The van der Waals surface area contributed by atoms with E-state index in [2.05, 4.69) is 121 Å². The molecule has 4 aromatic carbocycles. The van der Waals surface area contributed by atoms with E-state index in [1.807, 2.05) is 0 Å². The molecular weight excluding hydrogens is 388 g/mol. The molecular formula is C31H30O. The first kappa shape index (κ1) is 20.7. The van der Waals surface area contributed by atoms with Crippen LogP contribution in [0.2, 0.25) is 0 Å². The zero-order valence-electron chi connectivity index (χ0n) is 18.4. The predicted molar refractivity (Wildman–Crippen MR) is 132 cm³/mol. The highest BCUT2D eigenvalue weighted by Gasteiger charge is 2.40. The Labute approximate surface area is 191 Å². The highest BCUT2D eigenvalue weighted by molar-refractivity contribution is 5.47. The van der Waals surface area contributed by atoms with Crippen LogP contribution in [-0.4, -0.2) is 6.10 Å². The minimum absolute atomic E-state index is 0.218. The monoisotopic (exact) mass is 418 g/mol. The van der Waals surface area contributed by atoms with Crippen molar-refractivity contribution >= 4 is 0 Å². The van der Waals surface area contributed by atoms with Crippen LogP contribution in [0.25, 0.3) is 0 Å². The Morgan fingerprint density at radius 2 is 0.844 bits per heavy atom. The molecule has 1 nitrogen and oxygen atoms in total. The molecule has 0 bridgehead atoms. The van der Waals surface area contributed by atoms with E-state index < -0.39 is 5.60 Å². The third kappa shape index (κ3) is 4.13. The van der Waals surface area contributed by atoms with Gasteiger partial charge in [0.25, 0.3) is 0 Å². The van der Waals surface area contributed by atoms with Crippen molar-refractivity contribution in [1.82, 2.24) is 0 Å². The third-order valence-electron chi connectivity index (χ3n) is 6.83. The van der Waals surface area contributed by atoms with Crippen LogP contribution in [0, 0.1) is 0 Å². The molecule has 0 heterocycles. The van der Waals surface area contributed by atoms with E-state index in [1.54, 1.807) is 0 Å². The molecule has 0 unspecified atom stereocenters. The molecule has 0 atom stereocenters. The Kier molecular flexibility index (Phi) is 6.18. The summed E-state index contributed by atoms with van der Waals surface area (Å²) in [5, 5.41) is 0. The minimum atomic E-state index is -0.617. The van der Waals surface area contributed by atoms with Gasteiger partial charge in [-0.25, -0.2) is 0 Å². The number of benzene rings is 4. The molecule has 0 radical (unpaired) electrons. The summed E-state index contributed by atoms with van der Waals surface area (Å²) < 4.78 is 7.22. The van der Waals surface area contributed by atoms with Crippen molar-refractivity contribution in [3.05, 3.63) is 144 Å². The molecule has 0 aromatic heterocycles.